The van der Waals surface area contributed by atoms with E-state index >= 15 is 0 Å². The smallest absolute Gasteiger partial charge is 0.263 e. The van der Waals surface area contributed by atoms with Crippen molar-refractivity contribution in [1.29, 1.82) is 0 Å². The van der Waals surface area contributed by atoms with Gasteiger partial charge in [-0.05, 0) is 43.8 Å². The molecular formula is C15H19N3O4S. The van der Waals surface area contributed by atoms with E-state index in [1.165, 1.54) is 0 Å². The molecule has 7 nitrogen and oxygen atoms in total. The summed E-state index contributed by atoms with van der Waals surface area (Å²) in [5.41, 5.74) is 2.39. The molecule has 2 aliphatic heterocycles. The maximum absolute atomic E-state index is 12.0. The van der Waals surface area contributed by atoms with Gasteiger partial charge in [-0.15, -0.1) is 0 Å². The Morgan fingerprint density at radius 2 is 1.70 bits per heavy atom. The molecule has 0 bridgehead atoms. The Morgan fingerprint density at radius 3 is 2.22 bits per heavy atom. The minimum atomic E-state index is -0.499. The maximum Gasteiger partial charge on any atom is 0.263 e. The van der Waals surface area contributed by atoms with Crippen molar-refractivity contribution in [1.82, 2.24) is 15.5 Å². The van der Waals surface area contributed by atoms with Crippen molar-refractivity contribution in [3.63, 3.8) is 0 Å². The summed E-state index contributed by atoms with van der Waals surface area (Å²) >= 11 is 4.79. The van der Waals surface area contributed by atoms with E-state index in [4.69, 9.17) is 22.1 Å². The number of amides is 2. The number of aliphatic hydroxyl groups excluding tert-OH is 1. The molecule has 0 aromatic rings. The second-order valence-electron chi connectivity index (χ2n) is 5.13. The maximum atomic E-state index is 12.0. The van der Waals surface area contributed by atoms with Crippen molar-refractivity contribution < 1.29 is 19.4 Å². The third kappa shape index (κ3) is 4.04. The van der Waals surface area contributed by atoms with Crippen molar-refractivity contribution in [2.24, 2.45) is 0 Å². The standard InChI is InChI=1S/C15H19N3O4S/c1-9-7-11(12-13(20)16-15(23)17-14(12)21)8-10(2)18(9)3-5-22-6-4-19/h7-8,19H,3-6H2,1-2H3,(H2,16,17,20,21,23). The minimum absolute atomic E-state index is 0.00796. The van der Waals surface area contributed by atoms with E-state index in [-0.39, 0.29) is 17.3 Å². The normalized spacial score (nSPS) is 18.6. The van der Waals surface area contributed by atoms with E-state index in [1.54, 1.807) is 12.2 Å². The molecule has 2 heterocycles. The molecule has 0 aromatic carbocycles. The molecule has 8 heteroatoms. The van der Waals surface area contributed by atoms with Crippen LogP contribution in [0.5, 0.6) is 0 Å². The Morgan fingerprint density at radius 1 is 1.13 bits per heavy atom. The second kappa shape index (κ2) is 7.49. The van der Waals surface area contributed by atoms with E-state index in [9.17, 15) is 9.59 Å². The number of allylic oxidation sites excluding steroid dienone is 5. The lowest BCUT2D eigenvalue weighted by molar-refractivity contribution is -0.123. The van der Waals surface area contributed by atoms with Gasteiger partial charge in [0.25, 0.3) is 11.8 Å². The van der Waals surface area contributed by atoms with E-state index in [0.29, 0.717) is 25.3 Å². The van der Waals surface area contributed by atoms with Crippen molar-refractivity contribution in [2.45, 2.75) is 13.8 Å². The van der Waals surface area contributed by atoms with Crippen LogP contribution in [-0.4, -0.2) is 53.3 Å². The van der Waals surface area contributed by atoms with Crippen LogP contribution in [0.25, 0.3) is 0 Å². The van der Waals surface area contributed by atoms with Crippen LogP contribution in [0.2, 0.25) is 0 Å². The molecule has 0 spiro atoms. The van der Waals surface area contributed by atoms with Crippen LogP contribution in [0, 0.1) is 0 Å². The lowest BCUT2D eigenvalue weighted by Crippen LogP contribution is -2.51. The van der Waals surface area contributed by atoms with E-state index < -0.39 is 11.8 Å². The highest BCUT2D eigenvalue weighted by Crippen LogP contribution is 2.25. The predicted octanol–water partition coefficient (Wildman–Crippen LogP) is -0.0540. The van der Waals surface area contributed by atoms with Crippen LogP contribution < -0.4 is 10.6 Å². The number of ether oxygens (including phenoxy) is 1. The summed E-state index contributed by atoms with van der Waals surface area (Å²) in [6.07, 6.45) is 3.56. The van der Waals surface area contributed by atoms with Crippen molar-refractivity contribution >= 4 is 29.1 Å². The number of hydrogen-bond donors (Lipinski definition) is 3. The number of carbonyl (C=O) groups excluding carboxylic acids is 2. The van der Waals surface area contributed by atoms with Crippen molar-refractivity contribution in [2.75, 3.05) is 26.4 Å². The first-order valence-electron chi connectivity index (χ1n) is 7.17. The quantitative estimate of drug-likeness (QED) is 0.282. The van der Waals surface area contributed by atoms with Crippen molar-refractivity contribution in [3.05, 3.63) is 34.7 Å². The summed E-state index contributed by atoms with van der Waals surface area (Å²) in [5, 5.41) is 13.6. The van der Waals surface area contributed by atoms with E-state index in [1.807, 2.05) is 18.7 Å². The third-order valence-corrected chi connectivity index (χ3v) is 3.68. The van der Waals surface area contributed by atoms with Crippen LogP contribution in [0.4, 0.5) is 0 Å². The number of thiocarbonyl (C=S) groups is 1. The summed E-state index contributed by atoms with van der Waals surface area (Å²) in [6, 6.07) is 0. The zero-order valence-corrected chi connectivity index (χ0v) is 13.8. The molecule has 1 fully saturated rings. The van der Waals surface area contributed by atoms with Crippen molar-refractivity contribution in [3.8, 4) is 0 Å². The SMILES string of the molecule is CC1=CC(=C2C(=O)NC(=S)NC2=O)C=C(C)N1CCOCCO. The predicted molar refractivity (Wildman–Crippen MR) is 88.0 cm³/mol. The van der Waals surface area contributed by atoms with E-state index in [2.05, 4.69) is 10.6 Å². The molecule has 0 atom stereocenters. The Labute approximate surface area is 139 Å². The summed E-state index contributed by atoms with van der Waals surface area (Å²) in [5.74, 6) is -0.997. The van der Waals surface area contributed by atoms with Gasteiger partial charge >= 0.3 is 0 Å². The lowest BCUT2D eigenvalue weighted by atomic mass is 10.00. The number of nitrogens with one attached hydrogen (secondary N) is 2. The summed E-state index contributed by atoms with van der Waals surface area (Å²) in [4.78, 5) is 26.1. The van der Waals surface area contributed by atoms with E-state index in [0.717, 1.165) is 11.4 Å². The first kappa shape index (κ1) is 17.3. The average Bonchev–Trinajstić information content (AvgIpc) is 2.44. The zero-order valence-electron chi connectivity index (χ0n) is 13.0. The highest BCUT2D eigenvalue weighted by molar-refractivity contribution is 7.80. The summed E-state index contributed by atoms with van der Waals surface area (Å²) in [7, 11) is 0. The first-order chi connectivity index (χ1) is 10.9. The fourth-order valence-electron chi connectivity index (χ4n) is 2.47. The van der Waals surface area contributed by atoms with Gasteiger partial charge in [0.15, 0.2) is 5.11 Å². The largest absolute Gasteiger partial charge is 0.394 e. The Kier molecular flexibility index (Phi) is 5.64. The van der Waals surface area contributed by atoms with Gasteiger partial charge in [0.2, 0.25) is 0 Å². The highest BCUT2D eigenvalue weighted by Gasteiger charge is 2.29. The molecule has 2 amide bonds. The average molecular weight is 337 g/mol. The summed E-state index contributed by atoms with van der Waals surface area (Å²) in [6.45, 7) is 5.17. The van der Waals surface area contributed by atoms with Crippen LogP contribution in [0.3, 0.4) is 0 Å². The topological polar surface area (TPSA) is 90.9 Å². The molecule has 2 rings (SSSR count). The molecule has 1 saturated heterocycles. The third-order valence-electron chi connectivity index (χ3n) is 3.47. The molecule has 0 aliphatic carbocycles. The Balaban J connectivity index is 2.20. The van der Waals surface area contributed by atoms with Gasteiger partial charge in [0.1, 0.15) is 5.57 Å². The number of nitrogens with zero attached hydrogens (tertiary/aromatic N) is 1. The molecule has 3 N–H and O–H groups in total. The fourth-order valence-corrected chi connectivity index (χ4v) is 2.66. The number of carbonyl (C=O) groups is 2. The van der Waals surface area contributed by atoms with Gasteiger partial charge in [-0.25, -0.2) is 0 Å². The highest BCUT2D eigenvalue weighted by atomic mass is 32.1. The lowest BCUT2D eigenvalue weighted by Gasteiger charge is -2.30. The number of hydrogen-bond acceptors (Lipinski definition) is 6. The van der Waals surface area contributed by atoms with Crippen LogP contribution in [-0.2, 0) is 14.3 Å². The Bertz CT molecular complexity index is 593. The molecule has 0 aromatic heterocycles. The molecule has 0 radical (unpaired) electrons. The van der Waals surface area contributed by atoms with Crippen LogP contribution in [0.15, 0.2) is 34.7 Å². The summed E-state index contributed by atoms with van der Waals surface area (Å²) < 4.78 is 5.27. The Hall–Kier alpha value is -2.03. The first-order valence-corrected chi connectivity index (χ1v) is 7.58. The van der Waals surface area contributed by atoms with Gasteiger partial charge < -0.3 is 14.7 Å². The monoisotopic (exact) mass is 337 g/mol. The fraction of sp³-hybridized carbons (Fsp3) is 0.400. The van der Waals surface area contributed by atoms with Gasteiger partial charge in [-0.1, -0.05) is 0 Å². The second-order valence-corrected chi connectivity index (χ2v) is 5.54. The minimum Gasteiger partial charge on any atom is -0.394 e. The zero-order chi connectivity index (χ0) is 17.0. The molecule has 124 valence electrons. The van der Waals surface area contributed by atoms with Crippen LogP contribution in [0.1, 0.15) is 13.8 Å². The molecule has 2 aliphatic rings. The van der Waals surface area contributed by atoms with Gasteiger partial charge in [-0.2, -0.15) is 0 Å². The number of aliphatic hydroxyl groups is 1. The number of rotatable bonds is 5. The molecule has 23 heavy (non-hydrogen) atoms. The van der Waals surface area contributed by atoms with Gasteiger partial charge in [0, 0.05) is 17.9 Å². The van der Waals surface area contributed by atoms with Gasteiger partial charge in [0.05, 0.1) is 19.8 Å². The molecule has 0 saturated carbocycles. The van der Waals surface area contributed by atoms with Gasteiger partial charge in [-0.3, -0.25) is 20.2 Å². The van der Waals surface area contributed by atoms with Crippen LogP contribution >= 0.6 is 12.2 Å². The molecular weight excluding hydrogens is 318 g/mol. The molecule has 0 unspecified atom stereocenters.